The summed E-state index contributed by atoms with van der Waals surface area (Å²) in [7, 11) is 0. The third kappa shape index (κ3) is 10.4. The number of aliphatic imine (C=N–C) groups is 1. The Balaban J connectivity index is 4.84. The molecule has 0 heterocycles. The topological polar surface area (TPSA) is 186 Å². The van der Waals surface area contributed by atoms with Gasteiger partial charge in [-0.25, -0.2) is 4.79 Å². The van der Waals surface area contributed by atoms with E-state index in [1.807, 2.05) is 6.26 Å². The van der Waals surface area contributed by atoms with E-state index >= 15 is 0 Å². The van der Waals surface area contributed by atoms with Crippen LogP contribution in [0.3, 0.4) is 0 Å². The Morgan fingerprint density at radius 2 is 1.77 bits per heavy atom. The van der Waals surface area contributed by atoms with Crippen molar-refractivity contribution in [1.82, 2.24) is 10.6 Å². The molecule has 3 atom stereocenters. The molecule has 9 N–H and O–H groups in total. The van der Waals surface area contributed by atoms with Crippen LogP contribution in [0.2, 0.25) is 0 Å². The standard InChI is InChI=1S/C14H28N6O4S2/c1-26-6-4-9(19-11(21)8(15)7-25)12(22)20-10(13(23)24)3-2-5-18-14(16)17/h8-10,25H,2-7,15H2,1H3,(H,19,21)(H,20,22)(H,23,24)(H4,16,17,18). The molecule has 0 rings (SSSR count). The van der Waals surface area contributed by atoms with E-state index in [0.29, 0.717) is 18.6 Å². The van der Waals surface area contributed by atoms with E-state index in [-0.39, 0.29) is 24.7 Å². The van der Waals surface area contributed by atoms with Crippen molar-refractivity contribution in [2.24, 2.45) is 22.2 Å². The van der Waals surface area contributed by atoms with E-state index in [9.17, 15) is 19.5 Å². The summed E-state index contributed by atoms with van der Waals surface area (Å²) in [4.78, 5) is 39.5. The fourth-order valence-electron chi connectivity index (χ4n) is 1.90. The minimum atomic E-state index is -1.18. The van der Waals surface area contributed by atoms with Gasteiger partial charge in [-0.15, -0.1) is 0 Å². The summed E-state index contributed by atoms with van der Waals surface area (Å²) in [6.07, 6.45) is 2.73. The molecule has 0 aromatic rings. The number of nitrogens with two attached hydrogens (primary N) is 3. The lowest BCUT2D eigenvalue weighted by molar-refractivity contribution is -0.142. The number of thioether (sulfide) groups is 1. The summed E-state index contributed by atoms with van der Waals surface area (Å²) < 4.78 is 0. The average Bonchev–Trinajstić information content (AvgIpc) is 2.59. The van der Waals surface area contributed by atoms with Gasteiger partial charge in [-0.2, -0.15) is 24.4 Å². The molecule has 0 aliphatic heterocycles. The molecule has 0 aliphatic carbocycles. The second kappa shape index (κ2) is 13.5. The van der Waals surface area contributed by atoms with Crippen LogP contribution in [0.1, 0.15) is 19.3 Å². The predicted molar refractivity (Wildman–Crippen MR) is 106 cm³/mol. The highest BCUT2D eigenvalue weighted by Crippen LogP contribution is 2.05. The van der Waals surface area contributed by atoms with Crippen LogP contribution in [-0.4, -0.2) is 71.3 Å². The van der Waals surface area contributed by atoms with Crippen LogP contribution in [0.4, 0.5) is 0 Å². The quantitative estimate of drug-likeness (QED) is 0.0797. The van der Waals surface area contributed by atoms with E-state index in [1.165, 1.54) is 11.8 Å². The van der Waals surface area contributed by atoms with Crippen molar-refractivity contribution in [2.75, 3.05) is 24.3 Å². The monoisotopic (exact) mass is 408 g/mol. The molecular formula is C14H28N6O4S2. The van der Waals surface area contributed by atoms with Gasteiger partial charge < -0.3 is 32.9 Å². The molecule has 0 saturated carbocycles. The van der Waals surface area contributed by atoms with Crippen LogP contribution in [0.25, 0.3) is 0 Å². The number of carboxylic acids is 1. The highest BCUT2D eigenvalue weighted by atomic mass is 32.2. The van der Waals surface area contributed by atoms with Crippen LogP contribution in [0, 0.1) is 0 Å². The number of hydrogen-bond acceptors (Lipinski definition) is 7. The molecule has 0 aromatic heterocycles. The molecule has 0 radical (unpaired) electrons. The van der Waals surface area contributed by atoms with Crippen LogP contribution in [0.5, 0.6) is 0 Å². The van der Waals surface area contributed by atoms with E-state index < -0.39 is 35.9 Å². The van der Waals surface area contributed by atoms with Gasteiger partial charge in [-0.05, 0) is 31.3 Å². The predicted octanol–water partition coefficient (Wildman–Crippen LogP) is -1.90. The summed E-state index contributed by atoms with van der Waals surface area (Å²) in [6, 6.07) is -2.83. The van der Waals surface area contributed by atoms with Crippen molar-refractivity contribution in [3.8, 4) is 0 Å². The maximum absolute atomic E-state index is 12.4. The molecule has 0 aromatic carbocycles. The smallest absolute Gasteiger partial charge is 0.326 e. The summed E-state index contributed by atoms with van der Waals surface area (Å²) >= 11 is 5.45. The third-order valence-corrected chi connectivity index (χ3v) is 4.37. The molecule has 0 aliphatic rings. The number of aliphatic carboxylic acids is 1. The molecule has 0 bridgehead atoms. The minimum Gasteiger partial charge on any atom is -0.480 e. The number of guanidine groups is 1. The van der Waals surface area contributed by atoms with Gasteiger partial charge >= 0.3 is 5.97 Å². The second-order valence-electron chi connectivity index (χ2n) is 5.48. The first-order valence-corrected chi connectivity index (χ1v) is 9.99. The highest BCUT2D eigenvalue weighted by molar-refractivity contribution is 7.98. The van der Waals surface area contributed by atoms with Crippen molar-refractivity contribution < 1.29 is 19.5 Å². The minimum absolute atomic E-state index is 0.0821. The van der Waals surface area contributed by atoms with Crippen LogP contribution >= 0.6 is 24.4 Å². The highest BCUT2D eigenvalue weighted by Gasteiger charge is 2.27. The molecule has 12 heteroatoms. The Hall–Kier alpha value is -1.66. The van der Waals surface area contributed by atoms with Gasteiger partial charge in [-0.3, -0.25) is 14.6 Å². The molecule has 10 nitrogen and oxygen atoms in total. The lowest BCUT2D eigenvalue weighted by atomic mass is 10.1. The number of carboxylic acid groups (broad SMARTS) is 1. The number of amides is 2. The first kappa shape index (κ1) is 24.3. The molecule has 150 valence electrons. The zero-order valence-corrected chi connectivity index (χ0v) is 16.4. The van der Waals surface area contributed by atoms with Crippen molar-refractivity contribution in [3.05, 3.63) is 0 Å². The third-order valence-electron chi connectivity index (χ3n) is 3.34. The number of nitrogens with zero attached hydrogens (tertiary/aromatic N) is 1. The van der Waals surface area contributed by atoms with Gasteiger partial charge in [0.25, 0.3) is 0 Å². The van der Waals surface area contributed by atoms with Gasteiger partial charge in [0.05, 0.1) is 6.04 Å². The molecule has 0 fully saturated rings. The lowest BCUT2D eigenvalue weighted by Crippen LogP contribution is -2.55. The average molecular weight is 409 g/mol. The number of carbonyl (C=O) groups is 3. The zero-order valence-electron chi connectivity index (χ0n) is 14.7. The van der Waals surface area contributed by atoms with Gasteiger partial charge in [-0.1, -0.05) is 0 Å². The molecule has 0 spiro atoms. The maximum atomic E-state index is 12.4. The lowest BCUT2D eigenvalue weighted by Gasteiger charge is -2.22. The SMILES string of the molecule is CSCCC(NC(=O)C(N)CS)C(=O)NC(CCCN=C(N)N)C(=O)O. The number of thiol groups is 1. The fourth-order valence-corrected chi connectivity index (χ4v) is 2.54. The van der Waals surface area contributed by atoms with Gasteiger partial charge in [0, 0.05) is 12.3 Å². The van der Waals surface area contributed by atoms with Crippen molar-refractivity contribution in [2.45, 2.75) is 37.4 Å². The Bertz CT molecular complexity index is 502. The van der Waals surface area contributed by atoms with Crippen molar-refractivity contribution in [3.63, 3.8) is 0 Å². The first-order chi connectivity index (χ1) is 12.2. The summed E-state index contributed by atoms with van der Waals surface area (Å²) in [5.41, 5.74) is 16.0. The molecular weight excluding hydrogens is 380 g/mol. The van der Waals surface area contributed by atoms with Crippen molar-refractivity contribution in [1.29, 1.82) is 0 Å². The second-order valence-corrected chi connectivity index (χ2v) is 6.83. The fraction of sp³-hybridized carbons (Fsp3) is 0.714. The van der Waals surface area contributed by atoms with Crippen LogP contribution in [0.15, 0.2) is 4.99 Å². The summed E-state index contributed by atoms with van der Waals surface area (Å²) in [5, 5.41) is 14.3. The number of hydrogen-bond donors (Lipinski definition) is 7. The summed E-state index contributed by atoms with van der Waals surface area (Å²) in [6.45, 7) is 0.255. The van der Waals surface area contributed by atoms with Gasteiger partial charge in [0.2, 0.25) is 11.8 Å². The van der Waals surface area contributed by atoms with Crippen molar-refractivity contribution >= 4 is 48.1 Å². The number of rotatable bonds is 13. The van der Waals surface area contributed by atoms with Crippen LogP contribution in [-0.2, 0) is 14.4 Å². The Labute approximate surface area is 162 Å². The largest absolute Gasteiger partial charge is 0.480 e. The Morgan fingerprint density at radius 1 is 1.15 bits per heavy atom. The first-order valence-electron chi connectivity index (χ1n) is 7.97. The van der Waals surface area contributed by atoms with Gasteiger partial charge in [0.1, 0.15) is 12.1 Å². The van der Waals surface area contributed by atoms with E-state index in [0.717, 1.165) is 0 Å². The van der Waals surface area contributed by atoms with Gasteiger partial charge in [0.15, 0.2) is 5.96 Å². The van der Waals surface area contributed by atoms with Crippen LogP contribution < -0.4 is 27.8 Å². The zero-order chi connectivity index (χ0) is 20.1. The molecule has 3 unspecified atom stereocenters. The number of carbonyl (C=O) groups excluding carboxylic acids is 2. The molecule has 2 amide bonds. The Kier molecular flexibility index (Phi) is 12.7. The number of nitrogens with one attached hydrogen (secondary N) is 2. The van der Waals surface area contributed by atoms with E-state index in [2.05, 4.69) is 28.3 Å². The Morgan fingerprint density at radius 3 is 2.27 bits per heavy atom. The maximum Gasteiger partial charge on any atom is 0.326 e. The van der Waals surface area contributed by atoms with E-state index in [1.54, 1.807) is 0 Å². The molecule has 0 saturated heterocycles. The normalized spacial score (nSPS) is 14.0. The summed E-state index contributed by atoms with van der Waals surface area (Å²) in [5.74, 6) is -1.61. The van der Waals surface area contributed by atoms with E-state index in [4.69, 9.17) is 17.2 Å². The molecule has 26 heavy (non-hydrogen) atoms.